The molecule has 17 heavy (non-hydrogen) atoms. The monoisotopic (exact) mass is 268 g/mol. The number of aryl methyl sites for hydroxylation is 1. The molecule has 0 aliphatic rings. The maximum Gasteiger partial charge on any atom is 0.260 e. The summed E-state index contributed by atoms with van der Waals surface area (Å²) >= 11 is 7.20. The summed E-state index contributed by atoms with van der Waals surface area (Å²) in [4.78, 5) is 20.7. The van der Waals surface area contributed by atoms with Crippen LogP contribution in [0.1, 0.15) is 15.2 Å². The standard InChI is InChI=1S/C10H9ClN4OS/c1-5-3-14-10(17-5)15-9(16)7-2-6(12)4-13-8(7)11/h2-4H,12H2,1H3,(H,14,15,16). The molecule has 0 spiro atoms. The molecule has 0 saturated carbocycles. The summed E-state index contributed by atoms with van der Waals surface area (Å²) in [7, 11) is 0. The molecule has 0 unspecified atom stereocenters. The van der Waals surface area contributed by atoms with Crippen LogP contribution in [-0.2, 0) is 0 Å². The molecule has 0 aliphatic heterocycles. The lowest BCUT2D eigenvalue weighted by Gasteiger charge is -2.04. The fraction of sp³-hybridized carbons (Fsp3) is 0.100. The van der Waals surface area contributed by atoms with Gasteiger partial charge in [0.15, 0.2) is 5.13 Å². The van der Waals surface area contributed by atoms with Crippen molar-refractivity contribution in [3.05, 3.63) is 34.1 Å². The van der Waals surface area contributed by atoms with Gasteiger partial charge >= 0.3 is 0 Å². The van der Waals surface area contributed by atoms with E-state index in [4.69, 9.17) is 17.3 Å². The molecule has 2 heterocycles. The van der Waals surface area contributed by atoms with Gasteiger partial charge in [0.25, 0.3) is 5.91 Å². The summed E-state index contributed by atoms with van der Waals surface area (Å²) in [5.41, 5.74) is 6.17. The number of aromatic nitrogens is 2. The number of nitrogens with one attached hydrogen (secondary N) is 1. The van der Waals surface area contributed by atoms with Gasteiger partial charge in [-0.05, 0) is 13.0 Å². The number of halogens is 1. The van der Waals surface area contributed by atoms with Crippen molar-refractivity contribution in [2.75, 3.05) is 11.1 Å². The first-order valence-electron chi connectivity index (χ1n) is 4.71. The molecule has 0 atom stereocenters. The predicted molar refractivity (Wildman–Crippen MR) is 68.5 cm³/mol. The van der Waals surface area contributed by atoms with Gasteiger partial charge in [0.2, 0.25) is 0 Å². The maximum absolute atomic E-state index is 11.9. The van der Waals surface area contributed by atoms with E-state index in [0.29, 0.717) is 10.8 Å². The van der Waals surface area contributed by atoms with Crippen LogP contribution in [0.2, 0.25) is 5.15 Å². The van der Waals surface area contributed by atoms with E-state index in [-0.39, 0.29) is 16.6 Å². The van der Waals surface area contributed by atoms with Crippen LogP contribution in [0.15, 0.2) is 18.5 Å². The first-order chi connectivity index (χ1) is 8.06. The Morgan fingerprint density at radius 2 is 2.24 bits per heavy atom. The molecule has 0 aromatic carbocycles. The van der Waals surface area contributed by atoms with E-state index < -0.39 is 0 Å². The van der Waals surface area contributed by atoms with Crippen LogP contribution in [0.4, 0.5) is 10.8 Å². The second-order valence-electron chi connectivity index (χ2n) is 3.34. The normalized spacial score (nSPS) is 10.2. The van der Waals surface area contributed by atoms with Crippen LogP contribution in [0.3, 0.4) is 0 Å². The second kappa shape index (κ2) is 4.68. The third-order valence-corrected chi connectivity index (χ3v) is 3.08. The van der Waals surface area contributed by atoms with Gasteiger partial charge in [-0.2, -0.15) is 0 Å². The summed E-state index contributed by atoms with van der Waals surface area (Å²) in [5, 5.41) is 3.27. The summed E-state index contributed by atoms with van der Waals surface area (Å²) in [5.74, 6) is -0.371. The lowest BCUT2D eigenvalue weighted by molar-refractivity contribution is 0.102. The Morgan fingerprint density at radius 3 is 2.88 bits per heavy atom. The van der Waals surface area contributed by atoms with E-state index in [1.165, 1.54) is 23.6 Å². The SMILES string of the molecule is Cc1cnc(NC(=O)c2cc(N)cnc2Cl)s1. The number of carbonyl (C=O) groups is 1. The summed E-state index contributed by atoms with van der Waals surface area (Å²) in [6.07, 6.45) is 3.08. The molecule has 0 radical (unpaired) electrons. The number of anilines is 2. The highest BCUT2D eigenvalue weighted by atomic mass is 35.5. The summed E-state index contributed by atoms with van der Waals surface area (Å²) < 4.78 is 0. The molecule has 3 N–H and O–H groups in total. The number of hydrogen-bond donors (Lipinski definition) is 2. The van der Waals surface area contributed by atoms with Crippen molar-refractivity contribution in [3.63, 3.8) is 0 Å². The number of nitrogen functional groups attached to an aromatic ring is 1. The van der Waals surface area contributed by atoms with E-state index in [0.717, 1.165) is 4.88 Å². The number of thiazole rings is 1. The van der Waals surface area contributed by atoms with Crippen LogP contribution >= 0.6 is 22.9 Å². The van der Waals surface area contributed by atoms with Crippen molar-refractivity contribution in [2.45, 2.75) is 6.92 Å². The molecule has 0 fully saturated rings. The van der Waals surface area contributed by atoms with Gasteiger partial charge in [-0.3, -0.25) is 10.1 Å². The van der Waals surface area contributed by atoms with E-state index in [2.05, 4.69) is 15.3 Å². The van der Waals surface area contributed by atoms with Crippen LogP contribution in [-0.4, -0.2) is 15.9 Å². The van der Waals surface area contributed by atoms with Gasteiger partial charge in [0.1, 0.15) is 5.15 Å². The molecular weight excluding hydrogens is 260 g/mol. The lowest BCUT2D eigenvalue weighted by Crippen LogP contribution is -2.13. The zero-order valence-corrected chi connectivity index (χ0v) is 10.5. The number of pyridine rings is 1. The molecule has 0 aliphatic carbocycles. The molecule has 7 heteroatoms. The first-order valence-corrected chi connectivity index (χ1v) is 5.90. The fourth-order valence-electron chi connectivity index (χ4n) is 1.20. The Morgan fingerprint density at radius 1 is 1.47 bits per heavy atom. The van der Waals surface area contributed by atoms with Crippen LogP contribution < -0.4 is 11.1 Å². The molecule has 2 rings (SSSR count). The molecule has 88 valence electrons. The van der Waals surface area contributed by atoms with E-state index in [9.17, 15) is 4.79 Å². The van der Waals surface area contributed by atoms with Gasteiger partial charge in [0.05, 0.1) is 17.4 Å². The van der Waals surface area contributed by atoms with Gasteiger partial charge in [-0.15, -0.1) is 11.3 Å². The molecule has 1 amide bonds. The Hall–Kier alpha value is -1.66. The number of nitrogens with two attached hydrogens (primary N) is 1. The number of hydrogen-bond acceptors (Lipinski definition) is 5. The first kappa shape index (κ1) is 11.8. The molecule has 5 nitrogen and oxygen atoms in total. The number of carbonyl (C=O) groups excluding carboxylic acids is 1. The number of rotatable bonds is 2. The largest absolute Gasteiger partial charge is 0.397 e. The third-order valence-electron chi connectivity index (χ3n) is 1.95. The second-order valence-corrected chi connectivity index (χ2v) is 4.93. The van der Waals surface area contributed by atoms with Gasteiger partial charge < -0.3 is 5.73 Å². The van der Waals surface area contributed by atoms with Crippen molar-refractivity contribution >= 4 is 39.7 Å². The van der Waals surface area contributed by atoms with Crippen molar-refractivity contribution in [1.82, 2.24) is 9.97 Å². The number of amides is 1. The number of nitrogens with zero attached hydrogens (tertiary/aromatic N) is 2. The van der Waals surface area contributed by atoms with Crippen LogP contribution in [0, 0.1) is 6.92 Å². The Balaban J connectivity index is 2.22. The molecule has 2 aromatic heterocycles. The van der Waals surface area contributed by atoms with Gasteiger partial charge in [0, 0.05) is 11.1 Å². The summed E-state index contributed by atoms with van der Waals surface area (Å²) in [6.45, 7) is 1.91. The van der Waals surface area contributed by atoms with Crippen LogP contribution in [0.5, 0.6) is 0 Å². The van der Waals surface area contributed by atoms with Crippen molar-refractivity contribution in [3.8, 4) is 0 Å². The fourth-order valence-corrected chi connectivity index (χ4v) is 2.05. The third kappa shape index (κ3) is 2.72. The minimum Gasteiger partial charge on any atom is -0.397 e. The Bertz CT molecular complexity index is 569. The highest BCUT2D eigenvalue weighted by Crippen LogP contribution is 2.20. The van der Waals surface area contributed by atoms with E-state index >= 15 is 0 Å². The summed E-state index contributed by atoms with van der Waals surface area (Å²) in [6, 6.07) is 1.48. The molecule has 0 bridgehead atoms. The van der Waals surface area contributed by atoms with E-state index in [1.807, 2.05) is 6.92 Å². The average Bonchev–Trinajstić information content (AvgIpc) is 2.67. The highest BCUT2D eigenvalue weighted by molar-refractivity contribution is 7.15. The molecule has 0 saturated heterocycles. The smallest absolute Gasteiger partial charge is 0.260 e. The zero-order chi connectivity index (χ0) is 12.4. The van der Waals surface area contributed by atoms with Crippen molar-refractivity contribution in [1.29, 1.82) is 0 Å². The lowest BCUT2D eigenvalue weighted by atomic mass is 10.2. The Labute approximate surface area is 107 Å². The van der Waals surface area contributed by atoms with Crippen molar-refractivity contribution in [2.24, 2.45) is 0 Å². The quantitative estimate of drug-likeness (QED) is 0.819. The molecule has 2 aromatic rings. The average molecular weight is 269 g/mol. The van der Waals surface area contributed by atoms with E-state index in [1.54, 1.807) is 6.20 Å². The minimum atomic E-state index is -0.371. The highest BCUT2D eigenvalue weighted by Gasteiger charge is 2.13. The Kier molecular flexibility index (Phi) is 3.26. The minimum absolute atomic E-state index is 0.116. The molecular formula is C10H9ClN4OS. The maximum atomic E-state index is 11.9. The van der Waals surface area contributed by atoms with Gasteiger partial charge in [-0.1, -0.05) is 11.6 Å². The van der Waals surface area contributed by atoms with Crippen molar-refractivity contribution < 1.29 is 4.79 Å². The van der Waals surface area contributed by atoms with Crippen LogP contribution in [0.25, 0.3) is 0 Å². The van der Waals surface area contributed by atoms with Gasteiger partial charge in [-0.25, -0.2) is 9.97 Å². The topological polar surface area (TPSA) is 80.9 Å². The zero-order valence-electron chi connectivity index (χ0n) is 8.90. The predicted octanol–water partition coefficient (Wildman–Crippen LogP) is 2.33.